The van der Waals surface area contributed by atoms with Crippen LogP contribution in [0.4, 0.5) is 0 Å². The van der Waals surface area contributed by atoms with E-state index in [0.717, 1.165) is 0 Å². The molecule has 0 atom stereocenters. The Labute approximate surface area is 249 Å². The summed E-state index contributed by atoms with van der Waals surface area (Å²) in [6.45, 7) is 0. The lowest BCUT2D eigenvalue weighted by atomic mass is 9.77. The quantitative estimate of drug-likeness (QED) is 0.180. The van der Waals surface area contributed by atoms with Gasteiger partial charge < -0.3 is 4.57 Å². The summed E-state index contributed by atoms with van der Waals surface area (Å²) in [6, 6.07) is 45.4. The maximum Gasteiger partial charge on any atom is 0.318 e. The maximum absolute atomic E-state index is 2.51. The van der Waals surface area contributed by atoms with E-state index < -0.39 is 0 Å². The Hall–Kier alpha value is -3.90. The minimum Gasteiger partial charge on any atom is -0.309 e. The van der Waals surface area contributed by atoms with Crippen LogP contribution in [0.1, 0.15) is 0 Å². The van der Waals surface area contributed by atoms with Crippen molar-refractivity contribution in [2.45, 2.75) is 9.79 Å². The second kappa shape index (κ2) is 8.33. The molecule has 10 rings (SSSR count). The molecular weight excluding hydrogens is 553 g/mol. The summed E-state index contributed by atoms with van der Waals surface area (Å²) in [7, 11) is 0. The van der Waals surface area contributed by atoms with Gasteiger partial charge in [0.15, 0.2) is 0 Å². The molecule has 1 nitrogen and oxygen atoms in total. The number of fused-ring (bicyclic) bond motifs is 10. The molecule has 2 aliphatic heterocycles. The monoisotopic (exact) mass is 573 g/mol. The molecule has 4 heterocycles. The zero-order valence-electron chi connectivity index (χ0n) is 21.8. The highest BCUT2D eigenvalue weighted by Crippen LogP contribution is 2.50. The fraction of sp³-hybridized carbons (Fsp3) is 0. The number of rotatable bonds is 1. The SMILES string of the molecule is c1ccc2c(c1)SB1Sc3ccccc3-c3cc(-n4c5ccccc5c5cc6sc7ccccc7c6cc54)cc-2c31. The third kappa shape index (κ3) is 3.12. The number of para-hydroxylation sites is 1. The maximum atomic E-state index is 2.51. The van der Waals surface area contributed by atoms with Gasteiger partial charge in [-0.25, -0.2) is 0 Å². The Kier molecular flexibility index (Phi) is 4.62. The van der Waals surface area contributed by atoms with Crippen LogP contribution in [-0.4, -0.2) is 9.84 Å². The van der Waals surface area contributed by atoms with Crippen molar-refractivity contribution >= 4 is 87.3 Å². The van der Waals surface area contributed by atoms with Crippen LogP contribution < -0.4 is 5.46 Å². The van der Waals surface area contributed by atoms with E-state index in [9.17, 15) is 0 Å². The van der Waals surface area contributed by atoms with Crippen LogP contribution in [0.2, 0.25) is 0 Å². The molecule has 0 aliphatic carbocycles. The standard InChI is InChI=1S/C36H20BNS3/c1-5-13-30-22(9-1)26-20-35-27(23-10-2-6-14-32(23)39-35)19-31(26)38(30)21-17-28-24-11-3-7-15-33(24)40-37-36(28)29(18-21)25-12-4-8-16-34(25)41-37/h1-20H. The topological polar surface area (TPSA) is 4.93 Å². The summed E-state index contributed by atoms with van der Waals surface area (Å²) in [4.78, 5) is 2.74. The summed E-state index contributed by atoms with van der Waals surface area (Å²) in [6.07, 6.45) is 0. The van der Waals surface area contributed by atoms with Crippen molar-refractivity contribution in [2.75, 3.05) is 0 Å². The zero-order valence-corrected chi connectivity index (χ0v) is 24.2. The first kappa shape index (κ1) is 22.8. The van der Waals surface area contributed by atoms with E-state index in [-0.39, 0.29) is 0 Å². The minimum atomic E-state index is 0.355. The fourth-order valence-corrected chi connectivity index (χ4v) is 11.0. The van der Waals surface area contributed by atoms with Gasteiger partial charge in [0.05, 0.1) is 11.0 Å². The van der Waals surface area contributed by atoms with Gasteiger partial charge in [-0.1, -0.05) is 72.8 Å². The summed E-state index contributed by atoms with van der Waals surface area (Å²) in [5.41, 5.74) is 10.6. The van der Waals surface area contributed by atoms with Crippen LogP contribution in [0.3, 0.4) is 0 Å². The van der Waals surface area contributed by atoms with Gasteiger partial charge in [0.25, 0.3) is 0 Å². The largest absolute Gasteiger partial charge is 0.318 e. The van der Waals surface area contributed by atoms with Gasteiger partial charge in [0.2, 0.25) is 0 Å². The molecule has 2 aromatic heterocycles. The predicted molar refractivity (Wildman–Crippen MR) is 182 cm³/mol. The average molecular weight is 574 g/mol. The molecule has 0 spiro atoms. The molecule has 0 fully saturated rings. The molecule has 190 valence electrons. The van der Waals surface area contributed by atoms with Crippen LogP contribution in [0.25, 0.3) is 69.9 Å². The van der Waals surface area contributed by atoms with Crippen molar-refractivity contribution in [3.05, 3.63) is 121 Å². The molecule has 0 radical (unpaired) electrons. The molecule has 0 saturated carbocycles. The number of aromatic nitrogens is 1. The fourth-order valence-electron chi connectivity index (χ4n) is 6.89. The number of hydrogen-bond acceptors (Lipinski definition) is 3. The molecule has 8 aromatic rings. The van der Waals surface area contributed by atoms with Crippen LogP contribution >= 0.6 is 34.6 Å². The van der Waals surface area contributed by atoms with E-state index in [2.05, 4.69) is 126 Å². The third-order valence-corrected chi connectivity index (χ3v) is 12.5. The molecule has 0 bridgehead atoms. The number of thiophene rings is 1. The third-order valence-electron chi connectivity index (χ3n) is 8.65. The summed E-state index contributed by atoms with van der Waals surface area (Å²) in [5.74, 6) is 0. The van der Waals surface area contributed by atoms with Crippen LogP contribution in [0.15, 0.2) is 131 Å². The van der Waals surface area contributed by atoms with Crippen molar-refractivity contribution in [3.63, 3.8) is 0 Å². The summed E-state index contributed by atoms with van der Waals surface area (Å²) < 4.78 is 5.21. The van der Waals surface area contributed by atoms with Crippen LogP contribution in [0, 0.1) is 0 Å². The Morgan fingerprint density at radius 1 is 0.463 bits per heavy atom. The Bertz CT molecular complexity index is 2330. The van der Waals surface area contributed by atoms with Crippen molar-refractivity contribution < 1.29 is 0 Å². The second-order valence-corrected chi connectivity index (χ2v) is 14.5. The molecule has 0 N–H and O–H groups in total. The molecule has 2 aliphatic rings. The van der Waals surface area contributed by atoms with Gasteiger partial charge in [-0.05, 0) is 76.2 Å². The lowest BCUT2D eigenvalue weighted by Crippen LogP contribution is -2.33. The van der Waals surface area contributed by atoms with E-state index in [1.807, 2.05) is 34.6 Å². The Morgan fingerprint density at radius 2 is 1.10 bits per heavy atom. The van der Waals surface area contributed by atoms with E-state index in [4.69, 9.17) is 0 Å². The highest BCUT2D eigenvalue weighted by molar-refractivity contribution is 8.56. The number of nitrogens with zero attached hydrogens (tertiary/aromatic N) is 1. The second-order valence-electron chi connectivity index (χ2n) is 10.8. The zero-order chi connectivity index (χ0) is 26.7. The highest BCUT2D eigenvalue weighted by Gasteiger charge is 2.37. The molecule has 41 heavy (non-hydrogen) atoms. The van der Waals surface area contributed by atoms with E-state index in [1.54, 1.807) is 0 Å². The van der Waals surface area contributed by atoms with Gasteiger partial charge in [0.1, 0.15) is 0 Å². The van der Waals surface area contributed by atoms with Gasteiger partial charge in [-0.15, -0.1) is 11.3 Å². The molecule has 0 saturated heterocycles. The molecular formula is C36H20BNS3. The van der Waals surface area contributed by atoms with Gasteiger partial charge in [-0.2, -0.15) is 23.2 Å². The number of benzene rings is 6. The van der Waals surface area contributed by atoms with Gasteiger partial charge in [0, 0.05) is 46.4 Å². The van der Waals surface area contributed by atoms with Gasteiger partial charge in [-0.3, -0.25) is 0 Å². The summed E-state index contributed by atoms with van der Waals surface area (Å²) >= 11 is 5.89. The molecule has 5 heteroatoms. The molecule has 0 unspecified atom stereocenters. The van der Waals surface area contributed by atoms with E-state index >= 15 is 0 Å². The highest BCUT2D eigenvalue weighted by atomic mass is 32.2. The van der Waals surface area contributed by atoms with E-state index in [1.165, 1.54) is 85.2 Å². The first-order valence-electron chi connectivity index (χ1n) is 13.9. The first-order chi connectivity index (χ1) is 20.3. The predicted octanol–water partition coefficient (Wildman–Crippen LogP) is 10.4. The van der Waals surface area contributed by atoms with Crippen LogP contribution in [-0.2, 0) is 0 Å². The Balaban J connectivity index is 1.36. The van der Waals surface area contributed by atoms with Crippen molar-refractivity contribution in [3.8, 4) is 27.9 Å². The normalized spacial score (nSPS) is 13.6. The lowest BCUT2D eigenvalue weighted by Gasteiger charge is -2.32. The lowest BCUT2D eigenvalue weighted by molar-refractivity contribution is 1.18. The van der Waals surface area contributed by atoms with E-state index in [0.29, 0.717) is 5.27 Å². The first-order valence-corrected chi connectivity index (χ1v) is 16.4. The van der Waals surface area contributed by atoms with Crippen molar-refractivity contribution in [1.82, 2.24) is 4.57 Å². The minimum absolute atomic E-state index is 0.355. The van der Waals surface area contributed by atoms with Crippen molar-refractivity contribution in [1.29, 1.82) is 0 Å². The van der Waals surface area contributed by atoms with Gasteiger partial charge >= 0.3 is 5.27 Å². The molecule has 0 amide bonds. The van der Waals surface area contributed by atoms with Crippen molar-refractivity contribution in [2.24, 2.45) is 0 Å². The smallest absolute Gasteiger partial charge is 0.309 e. The molecule has 6 aromatic carbocycles. The van der Waals surface area contributed by atoms with Crippen LogP contribution in [0.5, 0.6) is 0 Å². The average Bonchev–Trinajstić information content (AvgIpc) is 3.54. The Morgan fingerprint density at radius 3 is 1.85 bits per heavy atom. The summed E-state index contributed by atoms with van der Waals surface area (Å²) in [5, 5.41) is 5.65. The number of hydrogen-bond donors (Lipinski definition) is 0.